The van der Waals surface area contributed by atoms with Crippen LogP contribution in [-0.4, -0.2) is 40.8 Å². The van der Waals surface area contributed by atoms with Crippen LogP contribution < -0.4 is 10.6 Å². The minimum atomic E-state index is -0.189. The summed E-state index contributed by atoms with van der Waals surface area (Å²) in [7, 11) is 0. The second-order valence-corrected chi connectivity index (χ2v) is 5.42. The molecule has 3 N–H and O–H groups in total. The standard InChI is InChI=1S/C15H21N5O2/c21-15(16-10-12-5-6-18-19-12)17-11-13(14-4-3-9-22-14)20-7-1-2-8-20/h3-6,9,13H,1-2,7-8,10-11H2,(H,18,19)(H2,16,17,21)/t13-/m0/s1. The predicted octanol–water partition coefficient (Wildman–Crippen LogP) is 1.64. The van der Waals surface area contributed by atoms with E-state index in [-0.39, 0.29) is 12.1 Å². The van der Waals surface area contributed by atoms with Crippen LogP contribution in [0, 0.1) is 0 Å². The van der Waals surface area contributed by atoms with Gasteiger partial charge in [0.1, 0.15) is 5.76 Å². The minimum absolute atomic E-state index is 0.0930. The minimum Gasteiger partial charge on any atom is -0.468 e. The lowest BCUT2D eigenvalue weighted by Gasteiger charge is -2.26. The maximum Gasteiger partial charge on any atom is 0.315 e. The molecule has 0 aliphatic carbocycles. The predicted molar refractivity (Wildman–Crippen MR) is 81.1 cm³/mol. The SMILES string of the molecule is O=C(NCc1ccn[nH]1)NC[C@@H](c1ccco1)N1CCCC1. The van der Waals surface area contributed by atoms with Crippen molar-refractivity contribution in [1.82, 2.24) is 25.7 Å². The zero-order chi connectivity index (χ0) is 15.2. The summed E-state index contributed by atoms with van der Waals surface area (Å²) in [5.74, 6) is 0.899. The van der Waals surface area contributed by atoms with Gasteiger partial charge < -0.3 is 15.1 Å². The Labute approximate surface area is 129 Å². The Morgan fingerprint density at radius 2 is 2.23 bits per heavy atom. The van der Waals surface area contributed by atoms with Gasteiger partial charge in [-0.3, -0.25) is 10.00 Å². The molecule has 2 aromatic heterocycles. The molecule has 22 heavy (non-hydrogen) atoms. The number of urea groups is 1. The molecule has 1 fully saturated rings. The number of nitrogens with one attached hydrogen (secondary N) is 3. The van der Waals surface area contributed by atoms with Gasteiger partial charge in [0.2, 0.25) is 0 Å². The van der Waals surface area contributed by atoms with Crippen LogP contribution in [0.2, 0.25) is 0 Å². The summed E-state index contributed by atoms with van der Waals surface area (Å²) in [6, 6.07) is 5.58. The van der Waals surface area contributed by atoms with E-state index in [2.05, 4.69) is 25.7 Å². The van der Waals surface area contributed by atoms with Gasteiger partial charge in [0.25, 0.3) is 0 Å². The third kappa shape index (κ3) is 3.67. The molecular formula is C15H21N5O2. The van der Waals surface area contributed by atoms with E-state index in [9.17, 15) is 4.79 Å². The molecule has 1 aliphatic heterocycles. The van der Waals surface area contributed by atoms with E-state index in [0.29, 0.717) is 13.1 Å². The number of nitrogens with zero attached hydrogens (tertiary/aromatic N) is 2. The third-order valence-electron chi connectivity index (χ3n) is 3.91. The van der Waals surface area contributed by atoms with Gasteiger partial charge in [-0.05, 0) is 44.1 Å². The number of amides is 2. The number of furan rings is 1. The summed E-state index contributed by atoms with van der Waals surface area (Å²) in [6.45, 7) is 3.05. The normalized spacial score (nSPS) is 16.5. The lowest BCUT2D eigenvalue weighted by atomic mass is 10.2. The number of hydrogen-bond acceptors (Lipinski definition) is 4. The molecule has 3 rings (SSSR count). The molecule has 0 aromatic carbocycles. The van der Waals surface area contributed by atoms with Crippen LogP contribution in [0.25, 0.3) is 0 Å². The van der Waals surface area contributed by atoms with Crippen molar-refractivity contribution in [3.05, 3.63) is 42.1 Å². The fraction of sp³-hybridized carbons (Fsp3) is 0.467. The lowest BCUT2D eigenvalue weighted by molar-refractivity contribution is 0.203. The Balaban J connectivity index is 1.51. The molecule has 0 radical (unpaired) electrons. The molecular weight excluding hydrogens is 282 g/mol. The highest BCUT2D eigenvalue weighted by atomic mass is 16.3. The molecule has 0 bridgehead atoms. The molecule has 3 heterocycles. The summed E-state index contributed by atoms with van der Waals surface area (Å²) in [5.41, 5.74) is 0.872. The van der Waals surface area contributed by atoms with Gasteiger partial charge in [-0.25, -0.2) is 4.79 Å². The van der Waals surface area contributed by atoms with Gasteiger partial charge >= 0.3 is 6.03 Å². The number of H-pyrrole nitrogens is 1. The summed E-state index contributed by atoms with van der Waals surface area (Å²) >= 11 is 0. The number of carbonyl (C=O) groups excluding carboxylic acids is 1. The van der Waals surface area contributed by atoms with Crippen LogP contribution in [0.1, 0.15) is 30.3 Å². The van der Waals surface area contributed by atoms with Crippen LogP contribution in [0.4, 0.5) is 4.79 Å². The van der Waals surface area contributed by atoms with Crippen molar-refractivity contribution in [2.24, 2.45) is 0 Å². The monoisotopic (exact) mass is 303 g/mol. The molecule has 0 spiro atoms. The van der Waals surface area contributed by atoms with Crippen molar-refractivity contribution in [2.45, 2.75) is 25.4 Å². The molecule has 118 valence electrons. The zero-order valence-corrected chi connectivity index (χ0v) is 12.4. The van der Waals surface area contributed by atoms with Gasteiger partial charge in [0.05, 0.1) is 24.5 Å². The Morgan fingerprint density at radius 1 is 1.36 bits per heavy atom. The highest BCUT2D eigenvalue weighted by Gasteiger charge is 2.25. The van der Waals surface area contributed by atoms with Gasteiger partial charge in [-0.2, -0.15) is 5.10 Å². The largest absolute Gasteiger partial charge is 0.468 e. The topological polar surface area (TPSA) is 86.2 Å². The highest BCUT2D eigenvalue weighted by Crippen LogP contribution is 2.24. The average molecular weight is 303 g/mol. The van der Waals surface area contributed by atoms with Crippen molar-refractivity contribution in [3.63, 3.8) is 0 Å². The van der Waals surface area contributed by atoms with Crippen molar-refractivity contribution in [2.75, 3.05) is 19.6 Å². The Hall–Kier alpha value is -2.28. The fourth-order valence-corrected chi connectivity index (χ4v) is 2.75. The Kier molecular flexibility index (Phi) is 4.75. The zero-order valence-electron chi connectivity index (χ0n) is 12.4. The molecule has 1 saturated heterocycles. The molecule has 7 nitrogen and oxygen atoms in total. The summed E-state index contributed by atoms with van der Waals surface area (Å²) in [6.07, 6.45) is 5.73. The fourth-order valence-electron chi connectivity index (χ4n) is 2.75. The van der Waals surface area contributed by atoms with E-state index in [4.69, 9.17) is 4.42 Å². The molecule has 0 saturated carbocycles. The summed E-state index contributed by atoms with van der Waals surface area (Å²) < 4.78 is 5.53. The van der Waals surface area contributed by atoms with Crippen LogP contribution >= 0.6 is 0 Å². The number of rotatable bonds is 6. The molecule has 7 heteroatoms. The van der Waals surface area contributed by atoms with Crippen LogP contribution in [0.15, 0.2) is 35.1 Å². The van der Waals surface area contributed by atoms with Gasteiger partial charge in [-0.1, -0.05) is 0 Å². The first-order valence-corrected chi connectivity index (χ1v) is 7.60. The lowest BCUT2D eigenvalue weighted by Crippen LogP contribution is -2.41. The second-order valence-electron chi connectivity index (χ2n) is 5.42. The number of aromatic amines is 1. The Bertz CT molecular complexity index is 561. The van der Waals surface area contributed by atoms with Crippen molar-refractivity contribution in [3.8, 4) is 0 Å². The van der Waals surface area contributed by atoms with Crippen molar-refractivity contribution < 1.29 is 9.21 Å². The number of carbonyl (C=O) groups is 1. The van der Waals surface area contributed by atoms with Gasteiger partial charge in [0, 0.05) is 12.7 Å². The molecule has 1 aliphatic rings. The maximum atomic E-state index is 11.9. The van der Waals surface area contributed by atoms with Crippen molar-refractivity contribution >= 4 is 6.03 Å². The van der Waals surface area contributed by atoms with Crippen LogP contribution in [-0.2, 0) is 6.54 Å². The maximum absolute atomic E-state index is 11.9. The van der Waals surface area contributed by atoms with E-state index in [0.717, 1.165) is 24.5 Å². The van der Waals surface area contributed by atoms with Gasteiger partial charge in [-0.15, -0.1) is 0 Å². The van der Waals surface area contributed by atoms with E-state index < -0.39 is 0 Å². The van der Waals surface area contributed by atoms with Crippen LogP contribution in [0.5, 0.6) is 0 Å². The number of hydrogen-bond donors (Lipinski definition) is 3. The number of aromatic nitrogens is 2. The second kappa shape index (κ2) is 7.13. The van der Waals surface area contributed by atoms with E-state index in [1.54, 1.807) is 12.5 Å². The summed E-state index contributed by atoms with van der Waals surface area (Å²) in [5, 5.41) is 12.4. The average Bonchev–Trinajstić information content (AvgIpc) is 3.27. The van der Waals surface area contributed by atoms with E-state index in [1.165, 1.54) is 12.8 Å². The number of likely N-dealkylation sites (tertiary alicyclic amines) is 1. The van der Waals surface area contributed by atoms with Gasteiger partial charge in [0.15, 0.2) is 0 Å². The molecule has 2 amide bonds. The molecule has 1 atom stereocenters. The van der Waals surface area contributed by atoms with E-state index >= 15 is 0 Å². The molecule has 2 aromatic rings. The smallest absolute Gasteiger partial charge is 0.315 e. The Morgan fingerprint density at radius 3 is 2.91 bits per heavy atom. The highest BCUT2D eigenvalue weighted by molar-refractivity contribution is 5.73. The third-order valence-corrected chi connectivity index (χ3v) is 3.91. The van der Waals surface area contributed by atoms with E-state index in [1.807, 2.05) is 18.2 Å². The first kappa shape index (κ1) is 14.6. The van der Waals surface area contributed by atoms with Crippen LogP contribution in [0.3, 0.4) is 0 Å². The first-order valence-electron chi connectivity index (χ1n) is 7.60. The first-order chi connectivity index (χ1) is 10.8. The van der Waals surface area contributed by atoms with Crippen molar-refractivity contribution in [1.29, 1.82) is 0 Å². The summed E-state index contributed by atoms with van der Waals surface area (Å²) in [4.78, 5) is 14.3. The molecule has 0 unspecified atom stereocenters. The quantitative estimate of drug-likeness (QED) is 0.757.